The van der Waals surface area contributed by atoms with Gasteiger partial charge in [-0.3, -0.25) is 4.79 Å². The number of sulfone groups is 1. The number of carbonyl (C=O) groups excluding carboxylic acids is 1. The van der Waals surface area contributed by atoms with Gasteiger partial charge in [0.1, 0.15) is 5.01 Å². The van der Waals surface area contributed by atoms with Gasteiger partial charge in [-0.15, -0.1) is 10.2 Å². The van der Waals surface area contributed by atoms with Crippen LogP contribution >= 0.6 is 23.1 Å². The van der Waals surface area contributed by atoms with E-state index >= 15 is 0 Å². The van der Waals surface area contributed by atoms with Crippen LogP contribution in [0.4, 0.5) is 0 Å². The predicted octanol–water partition coefficient (Wildman–Crippen LogP) is 0.973. The zero-order chi connectivity index (χ0) is 14.9. The van der Waals surface area contributed by atoms with Gasteiger partial charge in [0.15, 0.2) is 14.2 Å². The van der Waals surface area contributed by atoms with Gasteiger partial charge >= 0.3 is 0 Å². The van der Waals surface area contributed by atoms with Crippen LogP contribution in [0.1, 0.15) is 18.4 Å². The summed E-state index contributed by atoms with van der Waals surface area (Å²) in [7, 11) is -1.30. The van der Waals surface area contributed by atoms with Crippen molar-refractivity contribution in [3.05, 3.63) is 5.01 Å². The highest BCUT2D eigenvalue weighted by Crippen LogP contribution is 2.28. The molecule has 0 unspecified atom stereocenters. The number of thioether (sulfide) groups is 1. The van der Waals surface area contributed by atoms with Crippen molar-refractivity contribution in [1.29, 1.82) is 0 Å². The summed E-state index contributed by atoms with van der Waals surface area (Å²) in [6.45, 7) is 3.67. The topological polar surface area (TPSA) is 80.2 Å². The predicted molar refractivity (Wildman–Crippen MR) is 79.8 cm³/mol. The smallest absolute Gasteiger partial charge is 0.235 e. The highest BCUT2D eigenvalue weighted by molar-refractivity contribution is 8.02. The average Bonchev–Trinajstić information content (AvgIpc) is 2.93. The molecule has 6 nitrogen and oxygen atoms in total. The maximum atomic E-state index is 12.3. The van der Waals surface area contributed by atoms with Gasteiger partial charge in [-0.05, 0) is 20.3 Å². The minimum Gasteiger partial charge on any atom is -0.341 e. The van der Waals surface area contributed by atoms with Crippen LogP contribution in [0.15, 0.2) is 4.34 Å². The maximum absolute atomic E-state index is 12.3. The molecular formula is C11H17N3O3S3. The second-order valence-corrected chi connectivity index (χ2v) is 9.85. The third-order valence-corrected chi connectivity index (χ3v) is 7.00. The summed E-state index contributed by atoms with van der Waals surface area (Å²) in [6, 6.07) is -0.202. The zero-order valence-corrected chi connectivity index (χ0v) is 14.0. The highest BCUT2D eigenvalue weighted by Gasteiger charge is 2.34. The number of aromatic nitrogens is 2. The van der Waals surface area contributed by atoms with E-state index in [0.29, 0.717) is 6.42 Å². The van der Waals surface area contributed by atoms with Crippen molar-refractivity contribution in [3.63, 3.8) is 0 Å². The summed E-state index contributed by atoms with van der Waals surface area (Å²) in [4.78, 5) is 13.9. The molecule has 1 aromatic heterocycles. The van der Waals surface area contributed by atoms with E-state index in [-0.39, 0.29) is 28.7 Å². The van der Waals surface area contributed by atoms with E-state index in [1.807, 2.05) is 13.8 Å². The molecule has 0 N–H and O–H groups in total. The lowest BCUT2D eigenvalue weighted by Crippen LogP contribution is -2.41. The molecule has 1 amide bonds. The van der Waals surface area contributed by atoms with Crippen molar-refractivity contribution >= 4 is 38.8 Å². The van der Waals surface area contributed by atoms with Gasteiger partial charge in [0.25, 0.3) is 0 Å². The molecule has 2 rings (SSSR count). The summed E-state index contributed by atoms with van der Waals surface area (Å²) in [6.07, 6.45) is 0.528. The fourth-order valence-corrected chi connectivity index (χ4v) is 5.91. The fourth-order valence-electron chi connectivity index (χ4n) is 2.08. The van der Waals surface area contributed by atoms with E-state index in [4.69, 9.17) is 0 Å². The first-order valence-electron chi connectivity index (χ1n) is 6.22. The Balaban J connectivity index is 1.96. The summed E-state index contributed by atoms with van der Waals surface area (Å²) in [5.41, 5.74) is 0. The molecule has 1 fully saturated rings. The monoisotopic (exact) mass is 335 g/mol. The Labute approximate surface area is 126 Å². The summed E-state index contributed by atoms with van der Waals surface area (Å²) in [5.74, 6) is 0.182. The molecule has 1 aromatic rings. The Bertz CT molecular complexity index is 599. The molecule has 2 atom stereocenters. The largest absolute Gasteiger partial charge is 0.341 e. The van der Waals surface area contributed by atoms with Crippen molar-refractivity contribution in [1.82, 2.24) is 15.1 Å². The van der Waals surface area contributed by atoms with Crippen LogP contribution in [-0.2, 0) is 14.6 Å². The third kappa shape index (κ3) is 3.70. The molecule has 0 aliphatic carbocycles. The molecule has 1 saturated heterocycles. The lowest BCUT2D eigenvalue weighted by molar-refractivity contribution is -0.130. The van der Waals surface area contributed by atoms with Crippen LogP contribution < -0.4 is 0 Å². The van der Waals surface area contributed by atoms with Gasteiger partial charge in [-0.25, -0.2) is 8.42 Å². The van der Waals surface area contributed by atoms with Crippen molar-refractivity contribution in [3.8, 4) is 0 Å². The van der Waals surface area contributed by atoms with Crippen LogP contribution in [0, 0.1) is 6.92 Å². The van der Waals surface area contributed by atoms with Gasteiger partial charge in [-0.1, -0.05) is 23.1 Å². The third-order valence-electron chi connectivity index (χ3n) is 3.24. The summed E-state index contributed by atoms with van der Waals surface area (Å²) >= 11 is 2.82. The van der Waals surface area contributed by atoms with Crippen LogP contribution in [0.5, 0.6) is 0 Å². The van der Waals surface area contributed by atoms with Crippen LogP contribution in [0.2, 0.25) is 0 Å². The standard InChI is InChI=1S/C11H17N3O3S3/c1-7(18-11-13-12-8(2)19-11)10(15)14(3)9-4-5-20(16,17)6-9/h7,9H,4-6H2,1-3H3/t7-,9+/m1/s1. The van der Waals surface area contributed by atoms with E-state index in [1.165, 1.54) is 23.1 Å². The molecule has 1 aliphatic rings. The van der Waals surface area contributed by atoms with E-state index in [9.17, 15) is 13.2 Å². The number of hydrogen-bond acceptors (Lipinski definition) is 7. The normalized spacial score (nSPS) is 22.6. The maximum Gasteiger partial charge on any atom is 0.235 e. The summed E-state index contributed by atoms with van der Waals surface area (Å²) in [5, 5.41) is 8.46. The first-order valence-corrected chi connectivity index (χ1v) is 9.74. The Morgan fingerprint density at radius 1 is 1.50 bits per heavy atom. The molecule has 20 heavy (non-hydrogen) atoms. The highest BCUT2D eigenvalue weighted by atomic mass is 32.2. The van der Waals surface area contributed by atoms with Crippen LogP contribution in [-0.4, -0.2) is 59.3 Å². The minimum absolute atomic E-state index is 0.0649. The van der Waals surface area contributed by atoms with Crippen molar-refractivity contribution in [2.45, 2.75) is 35.9 Å². The lowest BCUT2D eigenvalue weighted by Gasteiger charge is -2.25. The first-order chi connectivity index (χ1) is 9.28. The molecule has 9 heteroatoms. The second-order valence-electron chi connectivity index (χ2n) is 4.85. The number of nitrogens with zero attached hydrogens (tertiary/aromatic N) is 3. The SMILES string of the molecule is Cc1nnc(S[C@H](C)C(=O)N(C)[C@H]2CCS(=O)(=O)C2)s1. The van der Waals surface area contributed by atoms with Gasteiger partial charge in [-0.2, -0.15) is 0 Å². The number of amides is 1. The Hall–Kier alpha value is -0.670. The molecule has 0 bridgehead atoms. The number of aryl methyl sites for hydroxylation is 1. The molecule has 1 aliphatic heterocycles. The molecule has 0 saturated carbocycles. The Kier molecular flexibility index (Phi) is 4.70. The van der Waals surface area contributed by atoms with Crippen LogP contribution in [0.25, 0.3) is 0 Å². The zero-order valence-electron chi connectivity index (χ0n) is 11.6. The average molecular weight is 335 g/mol. The van der Waals surface area contributed by atoms with Gasteiger partial charge in [0, 0.05) is 13.1 Å². The van der Waals surface area contributed by atoms with E-state index in [1.54, 1.807) is 11.9 Å². The second kappa shape index (κ2) is 5.98. The van der Waals surface area contributed by atoms with E-state index in [0.717, 1.165) is 9.35 Å². The van der Waals surface area contributed by atoms with Gasteiger partial charge < -0.3 is 4.90 Å². The molecule has 2 heterocycles. The molecular weight excluding hydrogens is 318 g/mol. The lowest BCUT2D eigenvalue weighted by atomic mass is 10.2. The fraction of sp³-hybridized carbons (Fsp3) is 0.727. The van der Waals surface area contributed by atoms with Crippen molar-refractivity contribution in [2.75, 3.05) is 18.6 Å². The van der Waals surface area contributed by atoms with E-state index in [2.05, 4.69) is 10.2 Å². The Morgan fingerprint density at radius 3 is 2.70 bits per heavy atom. The minimum atomic E-state index is -2.98. The van der Waals surface area contributed by atoms with E-state index < -0.39 is 9.84 Å². The molecule has 0 spiro atoms. The summed E-state index contributed by atoms with van der Waals surface area (Å²) < 4.78 is 23.7. The quantitative estimate of drug-likeness (QED) is 0.763. The number of hydrogen-bond donors (Lipinski definition) is 0. The molecule has 0 aromatic carbocycles. The van der Waals surface area contributed by atoms with Crippen molar-refractivity contribution in [2.24, 2.45) is 0 Å². The van der Waals surface area contributed by atoms with Crippen molar-refractivity contribution < 1.29 is 13.2 Å². The number of rotatable bonds is 4. The number of carbonyl (C=O) groups is 1. The van der Waals surface area contributed by atoms with Gasteiger partial charge in [0.05, 0.1) is 16.8 Å². The molecule has 112 valence electrons. The Morgan fingerprint density at radius 2 is 2.20 bits per heavy atom. The van der Waals surface area contributed by atoms with Crippen LogP contribution in [0.3, 0.4) is 0 Å². The first kappa shape index (κ1) is 15.7. The molecule has 0 radical (unpaired) electrons. The van der Waals surface area contributed by atoms with Gasteiger partial charge in [0.2, 0.25) is 5.91 Å².